The lowest BCUT2D eigenvalue weighted by Gasteiger charge is -2.41. The number of nitrogens with one attached hydrogen (secondary N) is 2. The van der Waals surface area contributed by atoms with Crippen LogP contribution in [0.1, 0.15) is 5.56 Å². The summed E-state index contributed by atoms with van der Waals surface area (Å²) in [6, 6.07) is 0.328. The third kappa shape index (κ3) is 4.18. The molecule has 1 saturated heterocycles. The number of rotatable bonds is 6. The average molecular weight is 393 g/mol. The quantitative estimate of drug-likeness (QED) is 0.366. The summed E-state index contributed by atoms with van der Waals surface area (Å²) in [6.45, 7) is -0.489. The molecule has 5 unspecified atom stereocenters. The van der Waals surface area contributed by atoms with Gasteiger partial charge in [-0.15, -0.1) is 11.8 Å². The van der Waals surface area contributed by atoms with Gasteiger partial charge in [0.2, 0.25) is 0 Å². The average Bonchev–Trinajstić information content (AvgIpc) is 2.62. The Morgan fingerprint density at radius 2 is 1.92 bits per heavy atom. The zero-order valence-electron chi connectivity index (χ0n) is 13.6. The van der Waals surface area contributed by atoms with Crippen LogP contribution in [-0.4, -0.2) is 58.0 Å². The van der Waals surface area contributed by atoms with Gasteiger partial charge < -0.3 is 25.4 Å². The summed E-state index contributed by atoms with van der Waals surface area (Å²) < 4.78 is 45.1. The van der Waals surface area contributed by atoms with Crippen LogP contribution < -0.4 is 5.32 Å². The third-order valence-electron chi connectivity index (χ3n) is 3.93. The molecule has 0 aliphatic carbocycles. The van der Waals surface area contributed by atoms with Crippen molar-refractivity contribution in [2.24, 2.45) is 5.11 Å². The van der Waals surface area contributed by atoms with Gasteiger partial charge in [-0.3, -0.25) is 0 Å². The van der Waals surface area contributed by atoms with E-state index in [1.807, 2.05) is 0 Å². The molecule has 144 valence electrons. The van der Waals surface area contributed by atoms with Crippen LogP contribution in [0.5, 0.6) is 0 Å². The molecule has 1 fully saturated rings. The molecule has 0 bridgehead atoms. The van der Waals surface area contributed by atoms with Crippen LogP contribution in [0.15, 0.2) is 23.4 Å². The van der Waals surface area contributed by atoms with Crippen molar-refractivity contribution in [3.05, 3.63) is 41.3 Å². The Labute approximate surface area is 151 Å². The Morgan fingerprint density at radius 3 is 2.42 bits per heavy atom. The van der Waals surface area contributed by atoms with E-state index in [9.17, 15) is 28.5 Å². The first-order valence-corrected chi connectivity index (χ1v) is 8.76. The monoisotopic (exact) mass is 393 g/mol. The number of ether oxygens (including phenoxy) is 1. The van der Waals surface area contributed by atoms with E-state index in [1.165, 1.54) is 0 Å². The molecule has 1 aromatic rings. The zero-order chi connectivity index (χ0) is 19.4. The molecule has 1 aliphatic rings. The molecule has 26 heavy (non-hydrogen) atoms. The molecular formula is C15H18F3N3O4S. The Kier molecular flexibility index (Phi) is 7.01. The van der Waals surface area contributed by atoms with Crippen molar-refractivity contribution in [2.45, 2.75) is 29.8 Å². The number of benzene rings is 1. The maximum Gasteiger partial charge on any atom is 0.194 e. The number of halogens is 3. The molecule has 2 rings (SSSR count). The Bertz CT molecular complexity index is 655. The van der Waals surface area contributed by atoms with Gasteiger partial charge >= 0.3 is 0 Å². The van der Waals surface area contributed by atoms with E-state index in [2.05, 4.69) is 10.4 Å². The first-order valence-electron chi connectivity index (χ1n) is 7.47. The summed E-state index contributed by atoms with van der Waals surface area (Å²) in [5.74, 6) is -4.53. The lowest BCUT2D eigenvalue weighted by Crippen LogP contribution is -2.61. The maximum atomic E-state index is 13.4. The molecule has 5 N–H and O–H groups in total. The molecule has 0 saturated carbocycles. The van der Waals surface area contributed by atoms with Crippen LogP contribution in [0.4, 0.5) is 13.2 Å². The van der Waals surface area contributed by atoms with Crippen LogP contribution in [-0.2, 0) is 4.74 Å². The second-order valence-corrected chi connectivity index (χ2v) is 6.47. The summed E-state index contributed by atoms with van der Waals surface area (Å²) in [6.07, 6.45) is -0.718. The van der Waals surface area contributed by atoms with Crippen LogP contribution in [0.25, 0.3) is 5.70 Å². The van der Waals surface area contributed by atoms with E-state index in [4.69, 9.17) is 10.3 Å². The zero-order valence-corrected chi connectivity index (χ0v) is 14.4. The normalized spacial score (nSPS) is 29.5. The van der Waals surface area contributed by atoms with Crippen LogP contribution in [0.3, 0.4) is 0 Å². The topological polar surface area (TPSA) is 118 Å². The lowest BCUT2D eigenvalue weighted by molar-refractivity contribution is -0.164. The molecule has 0 spiro atoms. The van der Waals surface area contributed by atoms with Crippen molar-refractivity contribution in [3.63, 3.8) is 0 Å². The van der Waals surface area contributed by atoms with Crippen molar-refractivity contribution < 1.29 is 33.2 Å². The summed E-state index contributed by atoms with van der Waals surface area (Å²) >= 11 is 1.16. The van der Waals surface area contributed by atoms with Gasteiger partial charge in [-0.05, 0) is 18.4 Å². The Morgan fingerprint density at radius 1 is 1.31 bits per heavy atom. The van der Waals surface area contributed by atoms with Crippen LogP contribution in [0, 0.1) is 23.0 Å². The molecule has 11 heteroatoms. The van der Waals surface area contributed by atoms with Crippen molar-refractivity contribution >= 4 is 17.5 Å². The van der Waals surface area contributed by atoms with Gasteiger partial charge in [0.25, 0.3) is 0 Å². The highest BCUT2D eigenvalue weighted by Gasteiger charge is 2.43. The predicted molar refractivity (Wildman–Crippen MR) is 87.6 cm³/mol. The van der Waals surface area contributed by atoms with Crippen molar-refractivity contribution in [2.75, 3.05) is 12.9 Å². The molecule has 0 radical (unpaired) electrons. The van der Waals surface area contributed by atoms with Crippen LogP contribution >= 0.6 is 11.8 Å². The van der Waals surface area contributed by atoms with E-state index in [0.717, 1.165) is 18.0 Å². The standard InChI is InChI=1S/C15H18F3N3O4S/c1-26-15-14(24)12(13(23)10(5-22)25-15)20-4-9(21-19)6-2-7(16)11(18)8(17)3-6/h2-4,10,12-15,19-20,22-24H,5H2,1H3/b9-4-,21-19?. The molecular weight excluding hydrogens is 375 g/mol. The second kappa shape index (κ2) is 8.82. The van der Waals surface area contributed by atoms with Crippen molar-refractivity contribution in [3.8, 4) is 0 Å². The molecule has 0 amide bonds. The molecule has 0 aromatic heterocycles. The first-order chi connectivity index (χ1) is 12.3. The Hall–Kier alpha value is -1.66. The number of aliphatic hydroxyl groups excluding tert-OH is 3. The smallest absolute Gasteiger partial charge is 0.194 e. The fraction of sp³-hybridized carbons (Fsp3) is 0.467. The highest BCUT2D eigenvalue weighted by atomic mass is 32.2. The fourth-order valence-corrected chi connectivity index (χ4v) is 3.24. The van der Waals surface area contributed by atoms with Crippen molar-refractivity contribution in [1.29, 1.82) is 5.53 Å². The highest BCUT2D eigenvalue weighted by molar-refractivity contribution is 7.99. The predicted octanol–water partition coefficient (Wildman–Crippen LogP) is 1.19. The van der Waals surface area contributed by atoms with Gasteiger partial charge in [-0.2, -0.15) is 5.11 Å². The molecule has 5 atom stereocenters. The maximum absolute atomic E-state index is 13.4. The fourth-order valence-electron chi connectivity index (χ4n) is 2.54. The third-order valence-corrected chi connectivity index (χ3v) is 4.78. The second-order valence-electron chi connectivity index (χ2n) is 5.53. The summed E-state index contributed by atoms with van der Waals surface area (Å²) in [7, 11) is 0. The molecule has 1 heterocycles. The van der Waals surface area contributed by atoms with E-state index < -0.39 is 53.8 Å². The number of hydrogen-bond acceptors (Lipinski definition) is 8. The van der Waals surface area contributed by atoms with Crippen molar-refractivity contribution in [1.82, 2.24) is 5.32 Å². The molecule has 1 aromatic carbocycles. The first kappa shape index (κ1) is 20.6. The number of aliphatic hydroxyl groups is 3. The van der Waals surface area contributed by atoms with E-state index >= 15 is 0 Å². The molecule has 7 nitrogen and oxygen atoms in total. The minimum atomic E-state index is -1.64. The minimum absolute atomic E-state index is 0.208. The van der Waals surface area contributed by atoms with Gasteiger partial charge in [0.15, 0.2) is 17.5 Å². The van der Waals surface area contributed by atoms with E-state index in [-0.39, 0.29) is 11.3 Å². The largest absolute Gasteiger partial charge is 0.394 e. The number of hydrogen-bond donors (Lipinski definition) is 5. The highest BCUT2D eigenvalue weighted by Crippen LogP contribution is 2.27. The van der Waals surface area contributed by atoms with Gasteiger partial charge in [-0.1, -0.05) is 0 Å². The number of nitrogens with zero attached hydrogens (tertiary/aromatic N) is 1. The van der Waals surface area contributed by atoms with Gasteiger partial charge in [0, 0.05) is 11.8 Å². The minimum Gasteiger partial charge on any atom is -0.394 e. The lowest BCUT2D eigenvalue weighted by atomic mass is 9.97. The molecule has 1 aliphatic heterocycles. The Balaban J connectivity index is 2.27. The summed E-state index contributed by atoms with van der Waals surface area (Å²) in [5, 5.41) is 35.5. The summed E-state index contributed by atoms with van der Waals surface area (Å²) in [5.41, 5.74) is 5.95. The van der Waals surface area contributed by atoms with Gasteiger partial charge in [-0.25, -0.2) is 18.7 Å². The van der Waals surface area contributed by atoms with Gasteiger partial charge in [0.05, 0.1) is 12.6 Å². The van der Waals surface area contributed by atoms with E-state index in [1.54, 1.807) is 6.26 Å². The number of thioether (sulfide) groups is 1. The summed E-state index contributed by atoms with van der Waals surface area (Å²) in [4.78, 5) is 0. The van der Waals surface area contributed by atoms with E-state index in [0.29, 0.717) is 12.1 Å². The van der Waals surface area contributed by atoms with Crippen LogP contribution in [0.2, 0.25) is 0 Å². The SMILES string of the molecule is CSC1OC(CO)C(O)C(N/C=C(\N=N)c2cc(F)c(F)c(F)c2)C1O. The van der Waals surface area contributed by atoms with Gasteiger partial charge in [0.1, 0.15) is 29.4 Å².